The molecule has 4 heterocycles. The van der Waals surface area contributed by atoms with Gasteiger partial charge in [-0.05, 0) is 37.6 Å². The predicted octanol–water partition coefficient (Wildman–Crippen LogP) is 2.37. The molecule has 1 atom stereocenters. The molecular formula is C23H24N6O3. The van der Waals surface area contributed by atoms with E-state index >= 15 is 0 Å². The second kappa shape index (κ2) is 7.76. The highest BCUT2D eigenvalue weighted by Crippen LogP contribution is 2.26. The molecule has 0 aliphatic carbocycles. The molecule has 4 aromatic rings. The van der Waals surface area contributed by atoms with Crippen molar-refractivity contribution < 1.29 is 9.90 Å². The summed E-state index contributed by atoms with van der Waals surface area (Å²) in [6.45, 7) is 4.00. The van der Waals surface area contributed by atoms with Crippen molar-refractivity contribution in [1.29, 1.82) is 0 Å². The molecule has 164 valence electrons. The lowest BCUT2D eigenvalue weighted by Gasteiger charge is -2.16. The average molecular weight is 432 g/mol. The zero-order chi connectivity index (χ0) is 22.4. The summed E-state index contributed by atoms with van der Waals surface area (Å²) in [6.07, 6.45) is 3.90. The number of aryl methyl sites for hydroxylation is 1. The summed E-state index contributed by atoms with van der Waals surface area (Å²) in [4.78, 5) is 35.8. The highest BCUT2D eigenvalue weighted by molar-refractivity contribution is 5.85. The molecule has 0 saturated carbocycles. The van der Waals surface area contributed by atoms with Crippen LogP contribution in [-0.2, 0) is 13.6 Å². The van der Waals surface area contributed by atoms with E-state index in [9.17, 15) is 14.7 Å². The van der Waals surface area contributed by atoms with Crippen molar-refractivity contribution >= 4 is 17.1 Å². The molecule has 1 fully saturated rings. The number of pyridine rings is 1. The maximum absolute atomic E-state index is 13.5. The maximum atomic E-state index is 13.5. The fourth-order valence-electron chi connectivity index (χ4n) is 4.48. The molecule has 32 heavy (non-hydrogen) atoms. The molecule has 1 saturated heterocycles. The van der Waals surface area contributed by atoms with Gasteiger partial charge in [0.1, 0.15) is 11.5 Å². The number of hydrogen-bond acceptors (Lipinski definition) is 5. The molecule has 1 aliphatic rings. The summed E-state index contributed by atoms with van der Waals surface area (Å²) >= 11 is 0. The lowest BCUT2D eigenvalue weighted by atomic mass is 10.2. The lowest BCUT2D eigenvalue weighted by Crippen LogP contribution is -2.29. The van der Waals surface area contributed by atoms with E-state index in [-0.39, 0.29) is 17.4 Å². The summed E-state index contributed by atoms with van der Waals surface area (Å²) in [7, 11) is 1.71. The molecule has 1 aromatic carbocycles. The monoisotopic (exact) mass is 432 g/mol. The first-order chi connectivity index (χ1) is 15.4. The van der Waals surface area contributed by atoms with Crippen molar-refractivity contribution in [2.75, 3.05) is 13.1 Å². The highest BCUT2D eigenvalue weighted by Gasteiger charge is 2.29. The molecule has 0 spiro atoms. The molecule has 1 N–H and O–H groups in total. The fourth-order valence-corrected chi connectivity index (χ4v) is 4.48. The Morgan fingerprint density at radius 1 is 1.19 bits per heavy atom. The maximum Gasteiger partial charge on any atom is 0.354 e. The normalized spacial score (nSPS) is 16.8. The number of rotatable bonds is 5. The minimum absolute atomic E-state index is 0.0224. The number of fused-ring (bicyclic) bond motifs is 1. The number of carboxylic acid groups (broad SMARTS) is 1. The Morgan fingerprint density at radius 2 is 1.97 bits per heavy atom. The van der Waals surface area contributed by atoms with E-state index in [1.165, 1.54) is 6.20 Å². The summed E-state index contributed by atoms with van der Waals surface area (Å²) in [5.41, 5.74) is 3.49. The summed E-state index contributed by atoms with van der Waals surface area (Å²) in [6, 6.07) is 11.7. The number of imidazole rings is 2. The van der Waals surface area contributed by atoms with Crippen LogP contribution in [0.1, 0.15) is 34.3 Å². The Bertz CT molecular complexity index is 1360. The zero-order valence-electron chi connectivity index (χ0n) is 18.0. The number of aromatic carboxylic acids is 1. The lowest BCUT2D eigenvalue weighted by molar-refractivity contribution is 0.0686. The number of benzene rings is 1. The van der Waals surface area contributed by atoms with Crippen LogP contribution >= 0.6 is 0 Å². The van der Waals surface area contributed by atoms with Gasteiger partial charge in [-0.3, -0.25) is 14.0 Å². The van der Waals surface area contributed by atoms with E-state index in [4.69, 9.17) is 0 Å². The Hall–Kier alpha value is -3.72. The van der Waals surface area contributed by atoms with Gasteiger partial charge in [0.25, 0.3) is 0 Å². The summed E-state index contributed by atoms with van der Waals surface area (Å²) in [5, 5.41) is 9.25. The number of nitrogens with zero attached hydrogens (tertiary/aromatic N) is 6. The van der Waals surface area contributed by atoms with E-state index in [0.29, 0.717) is 24.6 Å². The first-order valence-electron chi connectivity index (χ1n) is 10.6. The smallest absolute Gasteiger partial charge is 0.354 e. The predicted molar refractivity (Wildman–Crippen MR) is 119 cm³/mol. The number of aromatic nitrogens is 5. The molecule has 0 bridgehead atoms. The molecule has 9 nitrogen and oxygen atoms in total. The SMILES string of the molecule is Cc1ccc(-n2c(=O)n(C3CCN(Cc4ncc(C(=O)O)n4C)C3)c3ncccc32)cc1. The highest BCUT2D eigenvalue weighted by atomic mass is 16.4. The third-order valence-corrected chi connectivity index (χ3v) is 6.21. The van der Waals surface area contributed by atoms with Crippen LogP contribution in [-0.4, -0.2) is 52.7 Å². The van der Waals surface area contributed by atoms with Gasteiger partial charge in [0.15, 0.2) is 5.65 Å². The largest absolute Gasteiger partial charge is 0.477 e. The van der Waals surface area contributed by atoms with Gasteiger partial charge in [0.2, 0.25) is 0 Å². The van der Waals surface area contributed by atoms with E-state index in [0.717, 1.165) is 29.7 Å². The molecule has 0 radical (unpaired) electrons. The number of carboxylic acids is 1. The van der Waals surface area contributed by atoms with Crippen molar-refractivity contribution in [2.45, 2.75) is 25.9 Å². The molecule has 0 amide bonds. The standard InChI is InChI=1S/C23H24N6O3/c1-15-5-7-16(8-6-15)28-18-4-3-10-24-21(18)29(23(28)32)17-9-11-27(13-17)14-20-25-12-19(22(30)31)26(20)2/h3-8,10,12,17H,9,11,13-14H2,1-2H3,(H,30,31). The van der Waals surface area contributed by atoms with Crippen LogP contribution in [0.2, 0.25) is 0 Å². The van der Waals surface area contributed by atoms with E-state index in [1.807, 2.05) is 43.3 Å². The Morgan fingerprint density at radius 3 is 2.69 bits per heavy atom. The average Bonchev–Trinajstić information content (AvgIpc) is 3.45. The van der Waals surface area contributed by atoms with Crippen LogP contribution < -0.4 is 5.69 Å². The van der Waals surface area contributed by atoms with Crippen LogP contribution in [0.3, 0.4) is 0 Å². The van der Waals surface area contributed by atoms with Crippen molar-refractivity contribution in [3.05, 3.63) is 76.4 Å². The first-order valence-corrected chi connectivity index (χ1v) is 10.6. The van der Waals surface area contributed by atoms with Crippen LogP contribution in [0.4, 0.5) is 0 Å². The molecule has 3 aromatic heterocycles. The van der Waals surface area contributed by atoms with Gasteiger partial charge in [-0.25, -0.2) is 19.6 Å². The number of hydrogen-bond donors (Lipinski definition) is 1. The summed E-state index contributed by atoms with van der Waals surface area (Å²) < 4.78 is 5.13. The van der Waals surface area contributed by atoms with Crippen LogP contribution in [0.15, 0.2) is 53.6 Å². The second-order valence-electron chi connectivity index (χ2n) is 8.27. The van der Waals surface area contributed by atoms with Crippen LogP contribution in [0, 0.1) is 6.92 Å². The van der Waals surface area contributed by atoms with Crippen LogP contribution in [0.5, 0.6) is 0 Å². The van der Waals surface area contributed by atoms with E-state index in [1.54, 1.807) is 26.9 Å². The molecule has 1 unspecified atom stereocenters. The fraction of sp³-hybridized carbons (Fsp3) is 0.304. The Kier molecular flexibility index (Phi) is 4.90. The van der Waals surface area contributed by atoms with Gasteiger partial charge in [0, 0.05) is 26.3 Å². The summed E-state index contributed by atoms with van der Waals surface area (Å²) in [5.74, 6) is -0.303. The van der Waals surface area contributed by atoms with Gasteiger partial charge >= 0.3 is 11.7 Å². The minimum Gasteiger partial charge on any atom is -0.477 e. The molecule has 1 aliphatic heterocycles. The third kappa shape index (κ3) is 3.31. The Balaban J connectivity index is 1.47. The van der Waals surface area contributed by atoms with Gasteiger partial charge in [-0.1, -0.05) is 17.7 Å². The van der Waals surface area contributed by atoms with E-state index in [2.05, 4.69) is 14.9 Å². The quantitative estimate of drug-likeness (QED) is 0.520. The van der Waals surface area contributed by atoms with Gasteiger partial charge < -0.3 is 9.67 Å². The topological polar surface area (TPSA) is 98.2 Å². The number of carbonyl (C=O) groups is 1. The molecule has 9 heteroatoms. The minimum atomic E-state index is -0.993. The van der Waals surface area contributed by atoms with Crippen molar-refractivity contribution in [2.24, 2.45) is 7.05 Å². The van der Waals surface area contributed by atoms with E-state index < -0.39 is 5.97 Å². The van der Waals surface area contributed by atoms with Gasteiger partial charge in [0.05, 0.1) is 30.0 Å². The van der Waals surface area contributed by atoms with Crippen LogP contribution in [0.25, 0.3) is 16.9 Å². The van der Waals surface area contributed by atoms with Gasteiger partial charge in [-0.15, -0.1) is 0 Å². The molecule has 5 rings (SSSR count). The number of likely N-dealkylation sites (tertiary alicyclic amines) is 1. The zero-order valence-corrected chi connectivity index (χ0v) is 18.0. The Labute approximate surface area is 184 Å². The third-order valence-electron chi connectivity index (χ3n) is 6.21. The second-order valence-corrected chi connectivity index (χ2v) is 8.27. The van der Waals surface area contributed by atoms with Gasteiger partial charge in [-0.2, -0.15) is 0 Å². The van der Waals surface area contributed by atoms with Crippen molar-refractivity contribution in [3.8, 4) is 5.69 Å². The first kappa shape index (κ1) is 20.2. The molecular weight excluding hydrogens is 408 g/mol. The van der Waals surface area contributed by atoms with Crippen molar-refractivity contribution in [1.82, 2.24) is 28.6 Å². The van der Waals surface area contributed by atoms with Crippen molar-refractivity contribution in [3.63, 3.8) is 0 Å².